The third kappa shape index (κ3) is 8.37. The van der Waals surface area contributed by atoms with E-state index in [0.717, 1.165) is 21.7 Å². The van der Waals surface area contributed by atoms with E-state index in [1.165, 1.54) is 10.6 Å². The van der Waals surface area contributed by atoms with Crippen LogP contribution in [-0.4, -0.2) is 21.7 Å². The van der Waals surface area contributed by atoms with Crippen molar-refractivity contribution < 1.29 is 27.2 Å². The number of aromatic hydroxyl groups is 2. The van der Waals surface area contributed by atoms with Gasteiger partial charge in [0.1, 0.15) is 10.6 Å². The summed E-state index contributed by atoms with van der Waals surface area (Å²) in [5.41, 5.74) is 1.53. The number of rotatable bonds is 6. The maximum absolute atomic E-state index is 11.7. The average Bonchev–Trinajstić information content (AvgIpc) is 2.91. The maximum atomic E-state index is 11.7. The summed E-state index contributed by atoms with van der Waals surface area (Å²) in [6, 6.07) is 33.4. The molecular weight excluding hydrogens is 623 g/mol. The van der Waals surface area contributed by atoms with Gasteiger partial charge < -0.3 is 10.2 Å². The Morgan fingerprint density at radius 1 is 0.561 bits per heavy atom. The van der Waals surface area contributed by atoms with Crippen molar-refractivity contribution in [1.29, 1.82) is 0 Å². The van der Waals surface area contributed by atoms with Crippen molar-refractivity contribution in [2.75, 3.05) is 7.05 Å². The summed E-state index contributed by atoms with van der Waals surface area (Å²) in [7, 11) is 8.70. The molecule has 216 valence electrons. The molecule has 0 radical (unpaired) electrons. The Morgan fingerprint density at radius 2 is 0.878 bits per heavy atom. The third-order valence-electron chi connectivity index (χ3n) is 6.96. The topological polar surface area (TPSA) is 43.7 Å². The first-order valence-electron chi connectivity index (χ1n) is 13.5. The van der Waals surface area contributed by atoms with Crippen molar-refractivity contribution in [3.05, 3.63) is 108 Å². The first-order chi connectivity index (χ1) is 19.3. The summed E-state index contributed by atoms with van der Waals surface area (Å²) in [6.45, 7) is 12.8. The molecule has 0 heterocycles. The zero-order valence-corrected chi connectivity index (χ0v) is 29.9. The fourth-order valence-electron chi connectivity index (χ4n) is 5.04. The van der Waals surface area contributed by atoms with Gasteiger partial charge in [0.15, 0.2) is 38.3 Å². The summed E-state index contributed by atoms with van der Waals surface area (Å²) in [4.78, 5) is 0. The second-order valence-corrected chi connectivity index (χ2v) is 20.0. The minimum atomic E-state index is -1.63. The Bertz CT molecular complexity index is 1300. The van der Waals surface area contributed by atoms with Crippen molar-refractivity contribution >= 4 is 56.0 Å². The predicted octanol–water partition coefficient (Wildman–Crippen LogP) is 7.86. The molecule has 0 aromatic heterocycles. The van der Waals surface area contributed by atoms with Crippen molar-refractivity contribution in [2.24, 2.45) is 0 Å². The first-order valence-corrected chi connectivity index (χ1v) is 20.7. The van der Waals surface area contributed by atoms with Gasteiger partial charge in [0.25, 0.3) is 0 Å². The molecule has 2 N–H and O–H groups in total. The van der Waals surface area contributed by atoms with Crippen LogP contribution in [-0.2, 0) is 27.9 Å². The molecule has 8 heteroatoms. The number of phenols is 2. The summed E-state index contributed by atoms with van der Waals surface area (Å²) in [5, 5.41) is 27.7. The molecule has 0 bridgehead atoms. The molecule has 2 atom stereocenters. The monoisotopic (exact) mass is 663 g/mol. The molecule has 2 unspecified atom stereocenters. The van der Waals surface area contributed by atoms with Crippen LogP contribution in [0.5, 0.6) is 11.5 Å². The average molecular weight is 664 g/mol. The Morgan fingerprint density at radius 3 is 1.17 bits per heavy atom. The summed E-state index contributed by atoms with van der Waals surface area (Å²) < 4.78 is 2.48. The van der Waals surface area contributed by atoms with E-state index in [0.29, 0.717) is 11.5 Å². The van der Waals surface area contributed by atoms with Crippen molar-refractivity contribution in [3.63, 3.8) is 0 Å². The predicted molar refractivity (Wildman–Crippen MR) is 181 cm³/mol. The Hall–Kier alpha value is -1.41. The van der Waals surface area contributed by atoms with Gasteiger partial charge in [0.2, 0.25) is 0 Å². The molecule has 0 fully saturated rings. The van der Waals surface area contributed by atoms with Gasteiger partial charge in [-0.25, -0.2) is 0 Å². The van der Waals surface area contributed by atoms with Crippen LogP contribution in [0, 0.1) is 0 Å². The fraction of sp³-hybridized carbons (Fsp3) is 0.273. The quantitative estimate of drug-likeness (QED) is 0.163. The first kappa shape index (κ1) is 34.1. The number of nitrogens with zero attached hydrogens (tertiary/aromatic N) is 1. The summed E-state index contributed by atoms with van der Waals surface area (Å²) in [6.07, 6.45) is 0. The van der Waals surface area contributed by atoms with E-state index in [-0.39, 0.29) is 10.8 Å². The molecule has 0 spiro atoms. The van der Waals surface area contributed by atoms with Crippen LogP contribution in [0.4, 0.5) is 0 Å². The molecule has 0 saturated heterocycles. The van der Waals surface area contributed by atoms with Gasteiger partial charge in [-0.15, -0.1) is 0 Å². The number of hydrogen-bond acceptors (Lipinski definition) is 3. The van der Waals surface area contributed by atoms with Crippen LogP contribution in [0.1, 0.15) is 52.7 Å². The second-order valence-electron chi connectivity index (χ2n) is 12.0. The van der Waals surface area contributed by atoms with Gasteiger partial charge in [0, 0.05) is 11.1 Å². The van der Waals surface area contributed by atoms with Crippen LogP contribution in [0.15, 0.2) is 97.1 Å². The van der Waals surface area contributed by atoms with Crippen LogP contribution in [0.2, 0.25) is 0 Å². The molecule has 0 aliphatic heterocycles. The molecule has 0 aliphatic carbocycles. The van der Waals surface area contributed by atoms with Gasteiger partial charge in [-0.05, 0) is 47.2 Å². The Labute approximate surface area is 265 Å². The van der Waals surface area contributed by atoms with Gasteiger partial charge in [-0.3, -0.25) is 0 Å². The van der Waals surface area contributed by atoms with Crippen molar-refractivity contribution in [2.45, 2.75) is 52.4 Å². The van der Waals surface area contributed by atoms with Gasteiger partial charge in [-0.1, -0.05) is 107 Å². The van der Waals surface area contributed by atoms with Crippen LogP contribution >= 0.6 is 34.8 Å². The zero-order valence-electron chi connectivity index (χ0n) is 24.8. The molecule has 0 aliphatic rings. The van der Waals surface area contributed by atoms with Crippen molar-refractivity contribution in [1.82, 2.24) is 4.44 Å². The van der Waals surface area contributed by atoms with E-state index in [1.54, 1.807) is 0 Å². The summed E-state index contributed by atoms with van der Waals surface area (Å²) >= 11 is -0.556. The number of hydrogen-bond donors (Lipinski definition) is 2. The van der Waals surface area contributed by atoms with E-state index in [1.807, 2.05) is 24.3 Å². The number of benzene rings is 4. The third-order valence-corrected chi connectivity index (χ3v) is 13.2. The van der Waals surface area contributed by atoms with E-state index in [9.17, 15) is 10.2 Å². The normalized spacial score (nSPS) is 13.2. The molecule has 0 amide bonds. The van der Waals surface area contributed by atoms with Crippen molar-refractivity contribution in [3.8, 4) is 11.5 Å². The van der Waals surface area contributed by atoms with E-state index >= 15 is 0 Å². The molecular formula is C33H41Cl2NO2P2Ti+2. The number of halogens is 2. The van der Waals surface area contributed by atoms with Gasteiger partial charge >= 0.3 is 35.6 Å². The Kier molecular flexibility index (Phi) is 12.4. The van der Waals surface area contributed by atoms with E-state index in [4.69, 9.17) is 18.6 Å². The minimum absolute atomic E-state index is 0.186. The van der Waals surface area contributed by atoms with Crippen LogP contribution in [0.3, 0.4) is 0 Å². The van der Waals surface area contributed by atoms with E-state index < -0.39 is 33.2 Å². The standard InChI is InChI=1S/C33H39NO2P2.2ClH.Ti/c1-32(2,3)26-20-14-22-28(30(26)35)37(24-16-10-8-11-17-24)34(7)38(25-18-12-9-13-19-25)29-23-15-21-27(31(29)36)33(4,5)6;;;/h8-23,35-36H,1-7H3;2*1H;/q;;;+2. The number of para-hydroxylation sites is 2. The van der Waals surface area contributed by atoms with Gasteiger partial charge in [0.05, 0.1) is 7.05 Å². The SMILES string of the molecule is CN([PH+](c1ccccc1)c1cccc(C(C)(C)C)c1O)[PH+](c1ccccc1)c1cccc(C(C)(C)C)c1O.[Cl][Ti][Cl]. The summed E-state index contributed by atoms with van der Waals surface area (Å²) in [5.74, 6) is 0.762. The van der Waals surface area contributed by atoms with E-state index in [2.05, 4.69) is 126 Å². The Balaban J connectivity index is 0.00000147. The molecule has 0 saturated carbocycles. The van der Waals surface area contributed by atoms with Crippen LogP contribution in [0.25, 0.3) is 0 Å². The molecule has 4 aromatic rings. The zero-order chi connectivity index (χ0) is 30.4. The molecule has 4 rings (SSSR count). The molecule has 41 heavy (non-hydrogen) atoms. The molecule has 4 aromatic carbocycles. The fourth-order valence-corrected chi connectivity index (χ4v) is 11.8. The van der Waals surface area contributed by atoms with Crippen LogP contribution < -0.4 is 21.2 Å². The number of phenolic OH excluding ortho intramolecular Hbond substituents is 2. The second kappa shape index (κ2) is 14.9. The van der Waals surface area contributed by atoms with Gasteiger partial charge in [-0.2, -0.15) is 0 Å². The molecule has 3 nitrogen and oxygen atoms in total.